The van der Waals surface area contributed by atoms with E-state index in [4.69, 9.17) is 12.2 Å². The first-order valence-electron chi connectivity index (χ1n) is 6.99. The summed E-state index contributed by atoms with van der Waals surface area (Å²) in [5.41, 5.74) is 3.94. The largest absolute Gasteiger partial charge is 0.308 e. The maximum absolute atomic E-state index is 10.8. The molecule has 2 heterocycles. The number of piperidine rings is 1. The van der Waals surface area contributed by atoms with Crippen LogP contribution in [0.3, 0.4) is 0 Å². The number of nitro benzene ring substituents is 1. The number of thiazole rings is 1. The average molecular weight is 337 g/mol. The number of hydrogen-bond donors (Lipinski definition) is 2. The number of thiocarbonyl (C=S) groups is 1. The Morgan fingerprint density at radius 1 is 1.36 bits per heavy atom. The van der Waals surface area contributed by atoms with Crippen molar-refractivity contribution in [1.29, 1.82) is 0 Å². The molecule has 0 aliphatic carbocycles. The number of nitrogens with zero attached hydrogens (tertiary/aromatic N) is 3. The number of nitro groups is 1. The lowest BCUT2D eigenvalue weighted by Crippen LogP contribution is -2.46. The first-order chi connectivity index (χ1) is 10.6. The Kier molecular flexibility index (Phi) is 4.46. The maximum atomic E-state index is 10.8. The fourth-order valence-electron chi connectivity index (χ4n) is 2.35. The third-order valence-corrected chi connectivity index (χ3v) is 4.55. The molecule has 2 N–H and O–H groups in total. The van der Waals surface area contributed by atoms with Crippen LogP contribution in [0.5, 0.6) is 0 Å². The van der Waals surface area contributed by atoms with Gasteiger partial charge in [-0.1, -0.05) is 17.8 Å². The Hall–Kier alpha value is -1.84. The molecule has 22 heavy (non-hydrogen) atoms. The zero-order valence-corrected chi connectivity index (χ0v) is 13.4. The summed E-state index contributed by atoms with van der Waals surface area (Å²) in [4.78, 5) is 14.8. The minimum atomic E-state index is -0.408. The fourth-order valence-corrected chi connectivity index (χ4v) is 3.55. The van der Waals surface area contributed by atoms with Gasteiger partial charge in [-0.3, -0.25) is 15.5 Å². The van der Waals surface area contributed by atoms with Crippen molar-refractivity contribution < 1.29 is 4.92 Å². The summed E-state index contributed by atoms with van der Waals surface area (Å²) in [5.74, 6) is 0. The summed E-state index contributed by atoms with van der Waals surface area (Å²) in [7, 11) is 0. The summed E-state index contributed by atoms with van der Waals surface area (Å²) >= 11 is 6.63. The quantitative estimate of drug-likeness (QED) is 0.506. The van der Waals surface area contributed by atoms with E-state index >= 15 is 0 Å². The molecule has 1 aromatic carbocycles. The van der Waals surface area contributed by atoms with Crippen molar-refractivity contribution in [1.82, 2.24) is 15.4 Å². The second-order valence-electron chi connectivity index (χ2n) is 5.04. The minimum Gasteiger partial charge on any atom is -0.308 e. The summed E-state index contributed by atoms with van der Waals surface area (Å²) in [5, 5.41) is 17.1. The summed E-state index contributed by atoms with van der Waals surface area (Å²) in [6.45, 7) is 1.96. The van der Waals surface area contributed by atoms with Gasteiger partial charge in [0, 0.05) is 25.2 Å². The van der Waals surface area contributed by atoms with Crippen LogP contribution < -0.4 is 10.7 Å². The van der Waals surface area contributed by atoms with E-state index < -0.39 is 4.92 Å². The van der Waals surface area contributed by atoms with Gasteiger partial charge in [0.15, 0.2) is 10.2 Å². The number of nitrogens with one attached hydrogen (secondary N) is 2. The van der Waals surface area contributed by atoms with Gasteiger partial charge in [0.05, 0.1) is 15.1 Å². The van der Waals surface area contributed by atoms with Crippen molar-refractivity contribution in [2.75, 3.05) is 18.4 Å². The smallest absolute Gasteiger partial charge is 0.270 e. The van der Waals surface area contributed by atoms with E-state index in [0.717, 1.165) is 23.3 Å². The third kappa shape index (κ3) is 3.49. The zero-order valence-electron chi connectivity index (χ0n) is 11.7. The van der Waals surface area contributed by atoms with Crippen molar-refractivity contribution in [3.05, 3.63) is 28.3 Å². The highest BCUT2D eigenvalue weighted by Gasteiger charge is 2.13. The predicted molar refractivity (Wildman–Crippen MR) is 91.1 cm³/mol. The first-order valence-corrected chi connectivity index (χ1v) is 8.22. The maximum Gasteiger partial charge on any atom is 0.270 e. The lowest BCUT2D eigenvalue weighted by Gasteiger charge is -2.27. The Bertz CT molecular complexity index is 712. The second kappa shape index (κ2) is 6.51. The average Bonchev–Trinajstić information content (AvgIpc) is 2.89. The molecule has 1 aliphatic rings. The summed E-state index contributed by atoms with van der Waals surface area (Å²) < 4.78 is 0.762. The van der Waals surface area contributed by atoms with Crippen molar-refractivity contribution in [2.45, 2.75) is 19.3 Å². The molecule has 7 nitrogen and oxygen atoms in total. The molecule has 0 bridgehead atoms. The Labute approximate surface area is 136 Å². The molecule has 0 unspecified atom stereocenters. The number of non-ortho nitro benzene ring substituents is 1. The second-order valence-corrected chi connectivity index (χ2v) is 6.48. The first kappa shape index (κ1) is 15.1. The molecule has 1 aromatic heterocycles. The molecule has 1 aliphatic heterocycles. The van der Waals surface area contributed by atoms with Crippen molar-refractivity contribution in [2.24, 2.45) is 0 Å². The molecular weight excluding hydrogens is 322 g/mol. The van der Waals surface area contributed by atoms with Gasteiger partial charge in [-0.15, -0.1) is 0 Å². The molecule has 116 valence electrons. The normalized spacial score (nSPS) is 15.6. The van der Waals surface area contributed by atoms with E-state index in [2.05, 4.69) is 20.7 Å². The van der Waals surface area contributed by atoms with E-state index in [1.807, 2.05) is 0 Å². The molecule has 1 saturated heterocycles. The molecule has 0 spiro atoms. The SMILES string of the molecule is O=[N+]([O-])c1ccc2nc(NC(=S)NN3CCCCC3)sc2c1. The van der Waals surface area contributed by atoms with Gasteiger partial charge < -0.3 is 5.32 Å². The van der Waals surface area contributed by atoms with E-state index in [-0.39, 0.29) is 5.69 Å². The van der Waals surface area contributed by atoms with E-state index in [9.17, 15) is 10.1 Å². The van der Waals surface area contributed by atoms with E-state index in [1.54, 1.807) is 6.07 Å². The van der Waals surface area contributed by atoms with Gasteiger partial charge in [-0.2, -0.15) is 0 Å². The van der Waals surface area contributed by atoms with Crippen LogP contribution in [0, 0.1) is 10.1 Å². The van der Waals surface area contributed by atoms with Crippen LogP contribution in [0.2, 0.25) is 0 Å². The Morgan fingerprint density at radius 3 is 2.86 bits per heavy atom. The number of anilines is 1. The zero-order chi connectivity index (χ0) is 15.5. The highest BCUT2D eigenvalue weighted by molar-refractivity contribution is 7.80. The lowest BCUT2D eigenvalue weighted by molar-refractivity contribution is -0.384. The van der Waals surface area contributed by atoms with Crippen LogP contribution in [0.15, 0.2) is 18.2 Å². The molecule has 0 saturated carbocycles. The van der Waals surface area contributed by atoms with Crippen LogP contribution in [-0.2, 0) is 0 Å². The summed E-state index contributed by atoms with van der Waals surface area (Å²) in [6, 6.07) is 4.63. The third-order valence-electron chi connectivity index (χ3n) is 3.42. The molecule has 3 rings (SSSR count). The molecule has 0 atom stereocenters. The van der Waals surface area contributed by atoms with Gasteiger partial charge in [-0.05, 0) is 31.1 Å². The van der Waals surface area contributed by atoms with Crippen LogP contribution >= 0.6 is 23.6 Å². The van der Waals surface area contributed by atoms with Crippen LogP contribution in [-0.4, -0.2) is 33.1 Å². The van der Waals surface area contributed by atoms with E-state index in [1.165, 1.54) is 42.7 Å². The van der Waals surface area contributed by atoms with Crippen molar-refractivity contribution in [3.63, 3.8) is 0 Å². The lowest BCUT2D eigenvalue weighted by atomic mass is 10.2. The molecular formula is C13H15N5O2S2. The number of hydrazine groups is 1. The van der Waals surface area contributed by atoms with Gasteiger partial charge >= 0.3 is 0 Å². The van der Waals surface area contributed by atoms with Gasteiger partial charge in [0.2, 0.25) is 0 Å². The number of rotatable bonds is 3. The topological polar surface area (TPSA) is 83.3 Å². The fraction of sp³-hybridized carbons (Fsp3) is 0.385. The van der Waals surface area contributed by atoms with Crippen LogP contribution in [0.25, 0.3) is 10.2 Å². The predicted octanol–water partition coefficient (Wildman–Crippen LogP) is 2.89. The van der Waals surface area contributed by atoms with Gasteiger partial charge in [0.1, 0.15) is 0 Å². The summed E-state index contributed by atoms with van der Waals surface area (Å²) in [6.07, 6.45) is 3.59. The number of hydrogen-bond acceptors (Lipinski definition) is 6. The minimum absolute atomic E-state index is 0.0664. The molecule has 0 amide bonds. The van der Waals surface area contributed by atoms with Gasteiger partial charge in [0.25, 0.3) is 5.69 Å². The van der Waals surface area contributed by atoms with Crippen LogP contribution in [0.4, 0.5) is 10.8 Å². The molecule has 0 radical (unpaired) electrons. The van der Waals surface area contributed by atoms with Crippen LogP contribution in [0.1, 0.15) is 19.3 Å². The molecule has 1 fully saturated rings. The standard InChI is InChI=1S/C13H15N5O2S2/c19-18(20)9-4-5-10-11(8-9)22-13(14-10)15-12(21)16-17-6-2-1-3-7-17/h4-5,8H,1-3,6-7H2,(H2,14,15,16,21). The number of aromatic nitrogens is 1. The van der Waals surface area contributed by atoms with Crippen molar-refractivity contribution in [3.8, 4) is 0 Å². The van der Waals surface area contributed by atoms with E-state index in [0.29, 0.717) is 10.2 Å². The highest BCUT2D eigenvalue weighted by Crippen LogP contribution is 2.29. The Balaban J connectivity index is 1.67. The highest BCUT2D eigenvalue weighted by atomic mass is 32.1. The molecule has 2 aromatic rings. The monoisotopic (exact) mass is 337 g/mol. The molecule has 9 heteroatoms. The number of fused-ring (bicyclic) bond motifs is 1. The van der Waals surface area contributed by atoms with Crippen molar-refractivity contribution >= 4 is 49.7 Å². The van der Waals surface area contributed by atoms with Gasteiger partial charge in [-0.25, -0.2) is 9.99 Å². The number of benzene rings is 1. The Morgan fingerprint density at radius 2 is 2.14 bits per heavy atom.